The van der Waals surface area contributed by atoms with Crippen molar-refractivity contribution in [2.45, 2.75) is 98.0 Å². The summed E-state index contributed by atoms with van der Waals surface area (Å²) in [6.45, 7) is 11.2. The van der Waals surface area contributed by atoms with Crippen molar-refractivity contribution in [3.05, 3.63) is 94.5 Å². The van der Waals surface area contributed by atoms with Crippen molar-refractivity contribution >= 4 is 29.5 Å². The molecule has 9 nitrogen and oxygen atoms in total. The zero-order valence-electron chi connectivity index (χ0n) is 28.3. The first-order chi connectivity index (χ1) is 22.7. The zero-order chi connectivity index (χ0) is 34.2. The molecule has 0 spiro atoms. The average Bonchev–Trinajstić information content (AvgIpc) is 3.06. The number of anilines is 1. The number of nitrogens with one attached hydrogen (secondary N) is 1. The number of hydrogen-bond donors (Lipinski definition) is 2. The summed E-state index contributed by atoms with van der Waals surface area (Å²) in [5.74, 6) is -0.921. The van der Waals surface area contributed by atoms with Crippen LogP contribution in [0, 0.1) is 20.8 Å². The third-order valence-electron chi connectivity index (χ3n) is 8.62. The minimum Gasteiger partial charge on any atom is -0.478 e. The van der Waals surface area contributed by atoms with Gasteiger partial charge in [-0.15, -0.1) is 0 Å². The smallest absolute Gasteiger partial charge is 0.336 e. The van der Waals surface area contributed by atoms with Crippen LogP contribution in [0.15, 0.2) is 71.7 Å². The number of carbonyl (C=O) groups excluding carboxylic acids is 2. The van der Waals surface area contributed by atoms with Gasteiger partial charge >= 0.3 is 12.0 Å². The maximum atomic E-state index is 13.2. The zero-order valence-corrected chi connectivity index (χ0v) is 28.3. The lowest BCUT2D eigenvalue weighted by molar-refractivity contribution is -0.0533. The number of carboxylic acids is 1. The Bertz CT molecular complexity index is 1500. The fourth-order valence-corrected chi connectivity index (χ4v) is 5.90. The molecule has 3 aromatic rings. The van der Waals surface area contributed by atoms with E-state index in [-0.39, 0.29) is 30.9 Å². The van der Waals surface area contributed by atoms with E-state index in [1.165, 1.54) is 6.08 Å². The van der Waals surface area contributed by atoms with Crippen LogP contribution in [-0.2, 0) is 20.9 Å². The van der Waals surface area contributed by atoms with E-state index in [0.29, 0.717) is 30.0 Å². The van der Waals surface area contributed by atoms with Crippen molar-refractivity contribution in [1.29, 1.82) is 0 Å². The van der Waals surface area contributed by atoms with Crippen molar-refractivity contribution in [2.24, 2.45) is 4.99 Å². The molecule has 0 aromatic heterocycles. The maximum Gasteiger partial charge on any atom is 0.336 e. The number of aryl methyl sites for hydroxylation is 3. The van der Waals surface area contributed by atoms with Crippen LogP contribution >= 0.6 is 0 Å². The highest BCUT2D eigenvalue weighted by molar-refractivity contribution is 5.91. The molecule has 3 aromatic carbocycles. The summed E-state index contributed by atoms with van der Waals surface area (Å²) in [6.07, 6.45) is 7.03. The number of isocyanates is 1. The van der Waals surface area contributed by atoms with Gasteiger partial charge in [0.2, 0.25) is 6.08 Å². The van der Waals surface area contributed by atoms with E-state index in [1.807, 2.05) is 86.3 Å². The molecule has 1 aliphatic rings. The Morgan fingerprint density at radius 2 is 1.55 bits per heavy atom. The van der Waals surface area contributed by atoms with Crippen molar-refractivity contribution in [3.63, 3.8) is 0 Å². The molecule has 2 amide bonds. The lowest BCUT2D eigenvalue weighted by Crippen LogP contribution is -2.44. The van der Waals surface area contributed by atoms with E-state index in [2.05, 4.69) is 24.2 Å². The summed E-state index contributed by atoms with van der Waals surface area (Å²) in [5.41, 5.74) is 5.32. The van der Waals surface area contributed by atoms with Gasteiger partial charge in [0.25, 0.3) is 0 Å². The summed E-state index contributed by atoms with van der Waals surface area (Å²) in [5, 5.41) is 12.6. The molecule has 2 atom stereocenters. The van der Waals surface area contributed by atoms with Gasteiger partial charge in [-0.1, -0.05) is 68.4 Å². The minimum atomic E-state index is -0.921. The van der Waals surface area contributed by atoms with Gasteiger partial charge in [-0.2, -0.15) is 4.99 Å². The third kappa shape index (κ3) is 11.5. The molecule has 0 bridgehead atoms. The number of carbonyl (C=O) groups is 2. The van der Waals surface area contributed by atoms with Crippen LogP contribution in [-0.4, -0.2) is 59.5 Å². The molecule has 0 heterocycles. The van der Waals surface area contributed by atoms with Gasteiger partial charge < -0.3 is 24.8 Å². The van der Waals surface area contributed by atoms with Crippen LogP contribution in [0.5, 0.6) is 0 Å². The van der Waals surface area contributed by atoms with Gasteiger partial charge in [-0.25, -0.2) is 14.4 Å². The van der Waals surface area contributed by atoms with E-state index in [4.69, 9.17) is 9.47 Å². The summed E-state index contributed by atoms with van der Waals surface area (Å²) >= 11 is 0. The fraction of sp³-hybridized carbons (Fsp3) is 0.447. The van der Waals surface area contributed by atoms with Crippen LogP contribution in [0.25, 0.3) is 0 Å². The second-order valence-electron chi connectivity index (χ2n) is 11.9. The molecule has 1 saturated carbocycles. The molecule has 9 heteroatoms. The summed E-state index contributed by atoms with van der Waals surface area (Å²) < 4.78 is 12.4. The molecule has 4 rings (SSSR count). The number of benzene rings is 3. The highest BCUT2D eigenvalue weighted by Crippen LogP contribution is 2.26. The summed E-state index contributed by atoms with van der Waals surface area (Å²) in [6, 6.07) is 20.8. The number of ether oxygens (including phenoxy) is 2. The first kappa shape index (κ1) is 37.2. The van der Waals surface area contributed by atoms with Crippen molar-refractivity contribution in [1.82, 2.24) is 4.90 Å². The van der Waals surface area contributed by atoms with Crippen LogP contribution in [0.2, 0.25) is 0 Å². The van der Waals surface area contributed by atoms with Gasteiger partial charge in [0.15, 0.2) is 0 Å². The molecule has 0 aliphatic heterocycles. The van der Waals surface area contributed by atoms with Crippen LogP contribution in [0.3, 0.4) is 0 Å². The summed E-state index contributed by atoms with van der Waals surface area (Å²) in [4.78, 5) is 40.1. The Morgan fingerprint density at radius 1 is 0.915 bits per heavy atom. The van der Waals surface area contributed by atoms with Gasteiger partial charge in [0.05, 0.1) is 36.7 Å². The number of aliphatic imine (C=N–C) groups is 1. The number of amides is 2. The standard InChI is InChI=1S/C30H42N2O5.C8H7NO/c1-5-24(6-2)32(30(35)31-27-16-8-7-11-21(27)3)17-18-36-25-14-10-15-26(19-25)37-20-23-13-9-12-22(4)28(23)29(33)34;1-7-4-2-3-5-8(7)9-6-10/h7-9,11-13,16,24-26H,5-6,10,14-15,17-20H2,1-4H3,(H,31,35)(H,33,34);2-5H,1H3. The molecule has 2 N–H and O–H groups in total. The van der Waals surface area contributed by atoms with Gasteiger partial charge in [0, 0.05) is 18.3 Å². The second-order valence-corrected chi connectivity index (χ2v) is 11.9. The highest BCUT2D eigenvalue weighted by atomic mass is 16.5. The molecule has 1 aliphatic carbocycles. The Morgan fingerprint density at radius 3 is 2.19 bits per heavy atom. The predicted molar refractivity (Wildman–Crippen MR) is 185 cm³/mol. The number of aromatic carboxylic acids is 1. The molecular formula is C38H49N3O6. The highest BCUT2D eigenvalue weighted by Gasteiger charge is 2.26. The number of carboxylic acid groups (broad SMARTS) is 1. The van der Waals surface area contributed by atoms with E-state index < -0.39 is 5.97 Å². The van der Waals surface area contributed by atoms with E-state index in [1.54, 1.807) is 6.07 Å². The molecule has 0 saturated heterocycles. The lowest BCUT2D eigenvalue weighted by atomic mass is 9.94. The van der Waals surface area contributed by atoms with Gasteiger partial charge in [0.1, 0.15) is 0 Å². The SMILES string of the molecule is CCC(CC)N(CCOC1CCCC(OCc2cccc(C)c2C(=O)O)C1)C(=O)Nc1ccccc1C.Cc1ccccc1N=C=O. The van der Waals surface area contributed by atoms with E-state index in [9.17, 15) is 19.5 Å². The maximum absolute atomic E-state index is 13.2. The largest absolute Gasteiger partial charge is 0.478 e. The Labute approximate surface area is 279 Å². The van der Waals surface area contributed by atoms with Crippen molar-refractivity contribution in [3.8, 4) is 0 Å². The Hall–Kier alpha value is -4.30. The molecule has 0 radical (unpaired) electrons. The third-order valence-corrected chi connectivity index (χ3v) is 8.62. The molecule has 1 fully saturated rings. The average molecular weight is 644 g/mol. The number of hydrogen-bond acceptors (Lipinski definition) is 6. The topological polar surface area (TPSA) is 118 Å². The Balaban J connectivity index is 0.000000511. The number of para-hydroxylation sites is 2. The first-order valence-electron chi connectivity index (χ1n) is 16.5. The fourth-order valence-electron chi connectivity index (χ4n) is 5.90. The molecule has 47 heavy (non-hydrogen) atoms. The summed E-state index contributed by atoms with van der Waals surface area (Å²) in [7, 11) is 0. The predicted octanol–water partition coefficient (Wildman–Crippen LogP) is 8.53. The monoisotopic (exact) mass is 643 g/mol. The normalized spacial score (nSPS) is 15.6. The van der Waals surface area contributed by atoms with Gasteiger partial charge in [-0.05, 0) is 93.7 Å². The van der Waals surface area contributed by atoms with Crippen LogP contribution < -0.4 is 5.32 Å². The first-order valence-corrected chi connectivity index (χ1v) is 16.5. The van der Waals surface area contributed by atoms with Crippen LogP contribution in [0.1, 0.15) is 85.0 Å². The molecular weight excluding hydrogens is 594 g/mol. The number of rotatable bonds is 13. The number of nitrogens with zero attached hydrogens (tertiary/aromatic N) is 2. The van der Waals surface area contributed by atoms with E-state index >= 15 is 0 Å². The van der Waals surface area contributed by atoms with Crippen molar-refractivity contribution < 1.29 is 29.0 Å². The minimum absolute atomic E-state index is 0.0281. The quantitative estimate of drug-likeness (QED) is 0.142. The van der Waals surface area contributed by atoms with E-state index in [0.717, 1.165) is 60.9 Å². The Kier molecular flexibility index (Phi) is 15.3. The second kappa shape index (κ2) is 19.4. The van der Waals surface area contributed by atoms with Crippen molar-refractivity contribution in [2.75, 3.05) is 18.5 Å². The lowest BCUT2D eigenvalue weighted by Gasteiger charge is -2.33. The van der Waals surface area contributed by atoms with Gasteiger partial charge in [-0.3, -0.25) is 0 Å². The van der Waals surface area contributed by atoms with Crippen LogP contribution in [0.4, 0.5) is 16.2 Å². The molecule has 2 unspecified atom stereocenters. The molecule has 252 valence electrons. The number of urea groups is 1.